The van der Waals surface area contributed by atoms with Crippen molar-refractivity contribution in [2.24, 2.45) is 11.0 Å². The van der Waals surface area contributed by atoms with Gasteiger partial charge in [-0.25, -0.2) is 5.43 Å². The Labute approximate surface area is 136 Å². The molecular formula is C17H23ClN2O2. The molecule has 0 radical (unpaired) electrons. The zero-order valence-electron chi connectivity index (χ0n) is 13.4. The molecule has 0 saturated heterocycles. The van der Waals surface area contributed by atoms with Crippen molar-refractivity contribution in [2.45, 2.75) is 52.6 Å². The monoisotopic (exact) mass is 322 g/mol. The third kappa shape index (κ3) is 4.47. The van der Waals surface area contributed by atoms with Crippen molar-refractivity contribution < 1.29 is 9.53 Å². The third-order valence-electron chi connectivity index (χ3n) is 4.01. The van der Waals surface area contributed by atoms with Crippen molar-refractivity contribution in [1.82, 2.24) is 5.43 Å². The van der Waals surface area contributed by atoms with Gasteiger partial charge in [-0.2, -0.15) is 5.10 Å². The van der Waals surface area contributed by atoms with E-state index in [1.54, 1.807) is 19.1 Å². The first-order chi connectivity index (χ1) is 10.5. The molecule has 1 N–H and O–H groups in total. The van der Waals surface area contributed by atoms with Gasteiger partial charge in [0.15, 0.2) is 6.10 Å². The highest BCUT2D eigenvalue weighted by Gasteiger charge is 2.18. The summed E-state index contributed by atoms with van der Waals surface area (Å²) in [5.74, 6) is 0.870. The van der Waals surface area contributed by atoms with Gasteiger partial charge in [-0.05, 0) is 62.8 Å². The lowest BCUT2D eigenvalue weighted by molar-refractivity contribution is -0.127. The van der Waals surface area contributed by atoms with E-state index < -0.39 is 6.10 Å². The van der Waals surface area contributed by atoms with Crippen LogP contribution in [0.4, 0.5) is 0 Å². The van der Waals surface area contributed by atoms with E-state index in [4.69, 9.17) is 16.3 Å². The molecule has 5 heteroatoms. The molecule has 22 heavy (non-hydrogen) atoms. The molecule has 2 atom stereocenters. The van der Waals surface area contributed by atoms with E-state index in [1.165, 1.54) is 6.42 Å². The van der Waals surface area contributed by atoms with E-state index in [1.807, 2.05) is 13.0 Å². The molecule has 4 nitrogen and oxygen atoms in total. The summed E-state index contributed by atoms with van der Waals surface area (Å²) in [5, 5.41) is 4.93. The smallest absolute Gasteiger partial charge is 0.280 e. The summed E-state index contributed by atoms with van der Waals surface area (Å²) >= 11 is 5.91. The molecule has 1 aliphatic rings. The average molecular weight is 323 g/mol. The fourth-order valence-corrected chi connectivity index (χ4v) is 2.77. The Bertz CT molecular complexity index is 572. The lowest BCUT2D eigenvalue weighted by Crippen LogP contribution is -2.35. The number of carbonyl (C=O) groups is 1. The number of hydrogen-bond acceptors (Lipinski definition) is 3. The van der Waals surface area contributed by atoms with Crippen LogP contribution in [0.25, 0.3) is 0 Å². The fraction of sp³-hybridized carbons (Fsp3) is 0.529. The minimum Gasteiger partial charge on any atom is -0.481 e. The Hall–Kier alpha value is -1.55. The Kier molecular flexibility index (Phi) is 5.83. The van der Waals surface area contributed by atoms with Gasteiger partial charge in [0.1, 0.15) is 5.75 Å². The molecule has 1 aliphatic carbocycles. The van der Waals surface area contributed by atoms with Crippen LogP contribution in [0.15, 0.2) is 23.3 Å². The molecule has 0 aromatic heterocycles. The Morgan fingerprint density at radius 3 is 2.91 bits per heavy atom. The number of carbonyl (C=O) groups excluding carboxylic acids is 1. The molecule has 2 rings (SSSR count). The van der Waals surface area contributed by atoms with Gasteiger partial charge in [-0.15, -0.1) is 0 Å². The van der Waals surface area contributed by atoms with Gasteiger partial charge < -0.3 is 4.74 Å². The molecule has 1 saturated carbocycles. The number of halogens is 1. The van der Waals surface area contributed by atoms with E-state index in [-0.39, 0.29) is 5.91 Å². The number of aryl methyl sites for hydroxylation is 1. The van der Waals surface area contributed by atoms with Crippen molar-refractivity contribution in [1.29, 1.82) is 0 Å². The fourth-order valence-electron chi connectivity index (χ4n) is 2.54. The number of ether oxygens (including phenoxy) is 1. The minimum absolute atomic E-state index is 0.236. The van der Waals surface area contributed by atoms with Crippen LogP contribution in [0.5, 0.6) is 5.75 Å². The molecular weight excluding hydrogens is 300 g/mol. The van der Waals surface area contributed by atoms with Crippen LogP contribution in [-0.4, -0.2) is 17.7 Å². The molecule has 1 aromatic rings. The van der Waals surface area contributed by atoms with E-state index >= 15 is 0 Å². The van der Waals surface area contributed by atoms with Gasteiger partial charge in [0.2, 0.25) is 0 Å². The molecule has 0 aliphatic heterocycles. The second-order valence-electron chi connectivity index (χ2n) is 5.90. The number of benzene rings is 1. The number of nitrogens with one attached hydrogen (secondary N) is 1. The Morgan fingerprint density at radius 2 is 2.23 bits per heavy atom. The zero-order valence-corrected chi connectivity index (χ0v) is 14.1. The highest BCUT2D eigenvalue weighted by Crippen LogP contribution is 2.23. The first-order valence-corrected chi connectivity index (χ1v) is 8.14. The quantitative estimate of drug-likeness (QED) is 0.848. The Balaban J connectivity index is 1.93. The SMILES string of the molecule is Cc1cc(Cl)ccc1OC(C)C(=O)N/N=C1\CCCCC1C. The van der Waals surface area contributed by atoms with E-state index in [2.05, 4.69) is 17.5 Å². The highest BCUT2D eigenvalue weighted by molar-refractivity contribution is 6.30. The van der Waals surface area contributed by atoms with Gasteiger partial charge in [-0.1, -0.05) is 24.9 Å². The topological polar surface area (TPSA) is 50.7 Å². The largest absolute Gasteiger partial charge is 0.481 e. The first-order valence-electron chi connectivity index (χ1n) is 7.76. The molecule has 0 spiro atoms. The standard InChI is InChI=1S/C17H23ClN2O2/c1-11-6-4-5-7-15(11)19-20-17(21)13(3)22-16-9-8-14(18)10-12(16)2/h8-11,13H,4-7H2,1-3H3,(H,20,21)/b19-15+. The van der Waals surface area contributed by atoms with Crippen molar-refractivity contribution in [2.75, 3.05) is 0 Å². The molecule has 1 fully saturated rings. The van der Waals surface area contributed by atoms with Crippen LogP contribution in [0.2, 0.25) is 5.02 Å². The minimum atomic E-state index is -0.608. The van der Waals surface area contributed by atoms with Gasteiger partial charge in [0.05, 0.1) is 0 Å². The lowest BCUT2D eigenvalue weighted by atomic mass is 9.89. The van der Waals surface area contributed by atoms with E-state index in [9.17, 15) is 4.79 Å². The van der Waals surface area contributed by atoms with Crippen molar-refractivity contribution in [3.05, 3.63) is 28.8 Å². The summed E-state index contributed by atoms with van der Waals surface area (Å²) in [6.07, 6.45) is 3.89. The maximum absolute atomic E-state index is 12.1. The maximum Gasteiger partial charge on any atom is 0.280 e. The Morgan fingerprint density at radius 1 is 1.45 bits per heavy atom. The average Bonchev–Trinajstić information content (AvgIpc) is 2.49. The van der Waals surface area contributed by atoms with Gasteiger partial charge in [0.25, 0.3) is 5.91 Å². The van der Waals surface area contributed by atoms with Crippen molar-refractivity contribution >= 4 is 23.2 Å². The maximum atomic E-state index is 12.1. The van der Waals surface area contributed by atoms with Crippen LogP contribution in [0.1, 0.15) is 45.1 Å². The number of amides is 1. The molecule has 1 aromatic carbocycles. The van der Waals surface area contributed by atoms with Crippen LogP contribution in [0.3, 0.4) is 0 Å². The molecule has 1 amide bonds. The van der Waals surface area contributed by atoms with E-state index in [0.717, 1.165) is 30.5 Å². The number of nitrogens with zero attached hydrogens (tertiary/aromatic N) is 1. The molecule has 120 valence electrons. The lowest BCUT2D eigenvalue weighted by Gasteiger charge is -2.20. The first kappa shape index (κ1) is 16.8. The molecule has 0 heterocycles. The number of hydrazone groups is 1. The predicted molar refractivity (Wildman–Crippen MR) is 89.5 cm³/mol. The third-order valence-corrected chi connectivity index (χ3v) is 4.24. The summed E-state index contributed by atoms with van der Waals surface area (Å²) in [6, 6.07) is 5.33. The highest BCUT2D eigenvalue weighted by atomic mass is 35.5. The van der Waals surface area contributed by atoms with Crippen LogP contribution < -0.4 is 10.2 Å². The summed E-state index contributed by atoms with van der Waals surface area (Å²) in [5.41, 5.74) is 4.61. The molecule has 2 unspecified atom stereocenters. The second-order valence-corrected chi connectivity index (χ2v) is 6.33. The van der Waals surface area contributed by atoms with Gasteiger partial charge in [0, 0.05) is 10.7 Å². The number of hydrogen-bond donors (Lipinski definition) is 1. The summed E-state index contributed by atoms with van der Waals surface area (Å²) in [6.45, 7) is 5.77. The summed E-state index contributed by atoms with van der Waals surface area (Å²) < 4.78 is 5.69. The number of rotatable bonds is 4. The molecule has 0 bridgehead atoms. The van der Waals surface area contributed by atoms with Crippen LogP contribution in [-0.2, 0) is 4.79 Å². The zero-order chi connectivity index (χ0) is 16.1. The summed E-state index contributed by atoms with van der Waals surface area (Å²) in [4.78, 5) is 12.1. The van der Waals surface area contributed by atoms with Crippen molar-refractivity contribution in [3.63, 3.8) is 0 Å². The predicted octanol–water partition coefficient (Wildman–Crippen LogP) is 4.10. The van der Waals surface area contributed by atoms with Gasteiger partial charge >= 0.3 is 0 Å². The normalized spacial score (nSPS) is 21.5. The van der Waals surface area contributed by atoms with Gasteiger partial charge in [-0.3, -0.25) is 4.79 Å². The van der Waals surface area contributed by atoms with Crippen LogP contribution >= 0.6 is 11.6 Å². The van der Waals surface area contributed by atoms with Crippen molar-refractivity contribution in [3.8, 4) is 5.75 Å². The van der Waals surface area contributed by atoms with E-state index in [0.29, 0.717) is 16.7 Å². The van der Waals surface area contributed by atoms with Crippen LogP contribution in [0, 0.1) is 12.8 Å². The summed E-state index contributed by atoms with van der Waals surface area (Å²) in [7, 11) is 0. The second kappa shape index (κ2) is 7.63.